The first-order valence-electron chi connectivity index (χ1n) is 10.1. The molecule has 142 valence electrons. The third-order valence-electron chi connectivity index (χ3n) is 5.98. The summed E-state index contributed by atoms with van der Waals surface area (Å²) in [6.07, 6.45) is 7.49. The molecule has 0 aromatic heterocycles. The molecule has 3 aliphatic rings. The van der Waals surface area contributed by atoms with Gasteiger partial charge in [0.1, 0.15) is 0 Å². The summed E-state index contributed by atoms with van der Waals surface area (Å²) in [6.45, 7) is 8.16. The van der Waals surface area contributed by atoms with Crippen LogP contribution in [0.5, 0.6) is 0 Å². The van der Waals surface area contributed by atoms with Gasteiger partial charge in [0.2, 0.25) is 5.91 Å². The number of nitrogens with zero attached hydrogens (tertiary/aromatic N) is 3. The van der Waals surface area contributed by atoms with Gasteiger partial charge in [-0.25, -0.2) is 0 Å². The zero-order valence-electron chi connectivity index (χ0n) is 16.0. The number of aliphatic imine (C=N–C) groups is 1. The molecular weight excluding hydrogens is 314 g/mol. The first kappa shape index (κ1) is 18.5. The zero-order chi connectivity index (χ0) is 17.6. The van der Waals surface area contributed by atoms with E-state index in [9.17, 15) is 4.79 Å². The third kappa shape index (κ3) is 5.87. The fraction of sp³-hybridized carbons (Fsp3) is 0.895. The first-order valence-corrected chi connectivity index (χ1v) is 10.1. The third-order valence-corrected chi connectivity index (χ3v) is 5.98. The van der Waals surface area contributed by atoms with Crippen LogP contribution in [-0.2, 0) is 4.79 Å². The van der Waals surface area contributed by atoms with E-state index in [4.69, 9.17) is 0 Å². The fourth-order valence-electron chi connectivity index (χ4n) is 4.01. The number of amides is 1. The topological polar surface area (TPSA) is 60.0 Å². The van der Waals surface area contributed by atoms with E-state index in [-0.39, 0.29) is 5.91 Å². The molecule has 3 fully saturated rings. The van der Waals surface area contributed by atoms with Gasteiger partial charge in [-0.2, -0.15) is 0 Å². The van der Waals surface area contributed by atoms with E-state index < -0.39 is 0 Å². The molecule has 2 N–H and O–H groups in total. The summed E-state index contributed by atoms with van der Waals surface area (Å²) in [5.41, 5.74) is 0. The Labute approximate surface area is 152 Å². The molecule has 0 spiro atoms. The molecule has 6 heteroatoms. The summed E-state index contributed by atoms with van der Waals surface area (Å²) in [5.74, 6) is 2.77. The highest BCUT2D eigenvalue weighted by Gasteiger charge is 2.27. The lowest BCUT2D eigenvalue weighted by atomic mass is 9.97. The number of guanidine groups is 1. The van der Waals surface area contributed by atoms with Crippen LogP contribution in [-0.4, -0.2) is 74.0 Å². The molecule has 1 aliphatic carbocycles. The molecule has 2 heterocycles. The molecule has 3 rings (SSSR count). The molecule has 0 radical (unpaired) electrons. The van der Waals surface area contributed by atoms with Crippen LogP contribution in [0.15, 0.2) is 4.99 Å². The largest absolute Gasteiger partial charge is 0.356 e. The number of nitrogens with one attached hydrogen (secondary N) is 2. The van der Waals surface area contributed by atoms with Gasteiger partial charge in [0.05, 0.1) is 0 Å². The normalized spacial score (nSPS) is 24.4. The molecule has 6 nitrogen and oxygen atoms in total. The average molecular weight is 350 g/mol. The Morgan fingerprint density at radius 2 is 1.68 bits per heavy atom. The van der Waals surface area contributed by atoms with E-state index in [0.717, 1.165) is 44.4 Å². The van der Waals surface area contributed by atoms with Crippen LogP contribution in [0.1, 0.15) is 45.4 Å². The van der Waals surface area contributed by atoms with Crippen molar-refractivity contribution in [3.63, 3.8) is 0 Å². The van der Waals surface area contributed by atoms with Crippen LogP contribution in [0.3, 0.4) is 0 Å². The highest BCUT2D eigenvalue weighted by molar-refractivity contribution is 5.80. The summed E-state index contributed by atoms with van der Waals surface area (Å²) in [4.78, 5) is 20.4. The maximum atomic E-state index is 11.4. The Morgan fingerprint density at radius 3 is 2.24 bits per heavy atom. The molecular formula is C19H35N5O. The van der Waals surface area contributed by atoms with E-state index in [1.807, 2.05) is 11.9 Å². The highest BCUT2D eigenvalue weighted by Crippen LogP contribution is 2.30. The monoisotopic (exact) mass is 349 g/mol. The fourth-order valence-corrected chi connectivity index (χ4v) is 4.01. The van der Waals surface area contributed by atoms with E-state index in [1.165, 1.54) is 45.3 Å². The van der Waals surface area contributed by atoms with Crippen LogP contribution >= 0.6 is 0 Å². The number of carbonyl (C=O) groups is 1. The first-order chi connectivity index (χ1) is 12.1. The minimum atomic E-state index is 0.205. The number of hydrogen-bond acceptors (Lipinski definition) is 3. The maximum Gasteiger partial charge on any atom is 0.219 e. The van der Waals surface area contributed by atoms with Gasteiger partial charge in [0.25, 0.3) is 0 Å². The van der Waals surface area contributed by atoms with Gasteiger partial charge in [-0.3, -0.25) is 9.79 Å². The predicted octanol–water partition coefficient (Wildman–Crippen LogP) is 1.28. The standard InChI is InChI=1S/C19H35N5O/c1-15(25)24-11-5-16(6-12-24)13-21-19(20-2)22-18-7-9-23(10-8-18)14-17-3-4-17/h16-18H,3-14H2,1-2H3,(H2,20,21,22). The molecule has 2 aliphatic heterocycles. The highest BCUT2D eigenvalue weighted by atomic mass is 16.2. The maximum absolute atomic E-state index is 11.4. The average Bonchev–Trinajstić information content (AvgIpc) is 3.44. The Hall–Kier alpha value is -1.30. The smallest absolute Gasteiger partial charge is 0.219 e. The van der Waals surface area contributed by atoms with E-state index in [0.29, 0.717) is 12.0 Å². The lowest BCUT2D eigenvalue weighted by Gasteiger charge is -2.34. The van der Waals surface area contributed by atoms with E-state index >= 15 is 0 Å². The van der Waals surface area contributed by atoms with Crippen LogP contribution in [0, 0.1) is 11.8 Å². The van der Waals surface area contributed by atoms with Gasteiger partial charge in [-0.1, -0.05) is 0 Å². The summed E-state index contributed by atoms with van der Waals surface area (Å²) < 4.78 is 0. The Kier molecular flexibility index (Phi) is 6.57. The van der Waals surface area contributed by atoms with E-state index in [2.05, 4.69) is 20.5 Å². The quantitative estimate of drug-likeness (QED) is 0.580. The van der Waals surface area contributed by atoms with Crippen molar-refractivity contribution in [3.8, 4) is 0 Å². The van der Waals surface area contributed by atoms with Crippen molar-refractivity contribution in [3.05, 3.63) is 0 Å². The molecule has 0 aromatic rings. The lowest BCUT2D eigenvalue weighted by Crippen LogP contribution is -2.50. The van der Waals surface area contributed by atoms with Crippen molar-refractivity contribution in [1.82, 2.24) is 20.4 Å². The van der Waals surface area contributed by atoms with Crippen LogP contribution in [0.4, 0.5) is 0 Å². The minimum absolute atomic E-state index is 0.205. The van der Waals surface area contributed by atoms with Gasteiger partial charge in [0, 0.05) is 59.3 Å². The molecule has 0 atom stereocenters. The second-order valence-corrected chi connectivity index (χ2v) is 8.07. The SMILES string of the molecule is CN=C(NCC1CCN(C(C)=O)CC1)NC1CCN(CC2CC2)CC1. The van der Waals surface area contributed by atoms with Gasteiger partial charge in [-0.05, 0) is 50.4 Å². The van der Waals surface area contributed by atoms with Crippen molar-refractivity contribution < 1.29 is 4.79 Å². The molecule has 0 aromatic carbocycles. The molecule has 25 heavy (non-hydrogen) atoms. The van der Waals surface area contributed by atoms with Gasteiger partial charge in [0.15, 0.2) is 5.96 Å². The summed E-state index contributed by atoms with van der Waals surface area (Å²) in [5, 5.41) is 7.12. The lowest BCUT2D eigenvalue weighted by molar-refractivity contribution is -0.130. The summed E-state index contributed by atoms with van der Waals surface area (Å²) in [7, 11) is 1.86. The number of carbonyl (C=O) groups excluding carboxylic acids is 1. The Bertz CT molecular complexity index is 460. The zero-order valence-corrected chi connectivity index (χ0v) is 16.0. The van der Waals surface area contributed by atoms with E-state index in [1.54, 1.807) is 6.92 Å². The minimum Gasteiger partial charge on any atom is -0.356 e. The summed E-state index contributed by atoms with van der Waals surface area (Å²) >= 11 is 0. The van der Waals surface area contributed by atoms with Crippen LogP contribution in [0.2, 0.25) is 0 Å². The number of piperidine rings is 2. The number of rotatable bonds is 5. The van der Waals surface area contributed by atoms with Crippen molar-refractivity contribution in [2.24, 2.45) is 16.8 Å². The molecule has 1 amide bonds. The van der Waals surface area contributed by atoms with Crippen LogP contribution < -0.4 is 10.6 Å². The molecule has 0 unspecified atom stereocenters. The second kappa shape index (κ2) is 8.88. The number of likely N-dealkylation sites (tertiary alicyclic amines) is 2. The second-order valence-electron chi connectivity index (χ2n) is 8.07. The summed E-state index contributed by atoms with van der Waals surface area (Å²) in [6, 6.07) is 0.543. The molecule has 2 saturated heterocycles. The molecule has 1 saturated carbocycles. The van der Waals surface area contributed by atoms with Crippen molar-refractivity contribution in [1.29, 1.82) is 0 Å². The van der Waals surface area contributed by atoms with Crippen molar-refractivity contribution in [2.75, 3.05) is 46.3 Å². The van der Waals surface area contributed by atoms with Gasteiger partial charge >= 0.3 is 0 Å². The van der Waals surface area contributed by atoms with Gasteiger partial charge < -0.3 is 20.4 Å². The van der Waals surface area contributed by atoms with Crippen LogP contribution in [0.25, 0.3) is 0 Å². The van der Waals surface area contributed by atoms with Gasteiger partial charge in [-0.15, -0.1) is 0 Å². The number of hydrogen-bond donors (Lipinski definition) is 2. The molecule has 0 bridgehead atoms. The predicted molar refractivity (Wildman–Crippen MR) is 102 cm³/mol. The Balaban J connectivity index is 1.32. The Morgan fingerprint density at radius 1 is 1.00 bits per heavy atom. The van der Waals surface area contributed by atoms with Crippen molar-refractivity contribution in [2.45, 2.75) is 51.5 Å². The van der Waals surface area contributed by atoms with Crippen molar-refractivity contribution >= 4 is 11.9 Å².